The Labute approximate surface area is 52.2 Å². The highest BCUT2D eigenvalue weighted by atomic mass is 16.0. The molecule has 1 aromatic rings. The van der Waals surface area contributed by atoms with Gasteiger partial charge in [0.2, 0.25) is 0 Å². The van der Waals surface area contributed by atoms with E-state index in [1.807, 2.05) is 0 Å². The fourth-order valence-electron chi connectivity index (χ4n) is 0.301. The van der Waals surface area contributed by atoms with Crippen molar-refractivity contribution < 1.29 is 11.0 Å². The number of nitrogen functional groups attached to an aromatic ring is 1. The predicted octanol–water partition coefficient (Wildman–Crippen LogP) is -1.59. The molecule has 1 aromatic heterocycles. The van der Waals surface area contributed by atoms with Crippen LogP contribution in [0.2, 0.25) is 0 Å². The third-order valence-electron chi connectivity index (χ3n) is 0.605. The molecular weight excluding hydrogens is 122 g/mol. The van der Waals surface area contributed by atoms with Gasteiger partial charge in [-0.05, 0) is 6.07 Å². The summed E-state index contributed by atoms with van der Waals surface area (Å²) >= 11 is 0. The lowest BCUT2D eigenvalue weighted by atomic mass is 10.6. The van der Waals surface area contributed by atoms with Crippen LogP contribution in [0.25, 0.3) is 0 Å². The summed E-state index contributed by atoms with van der Waals surface area (Å²) in [6, 6.07) is 1.64. The van der Waals surface area contributed by atoms with E-state index in [4.69, 9.17) is 5.73 Å². The van der Waals surface area contributed by atoms with Crippen LogP contribution in [-0.2, 0) is 0 Å². The minimum Gasteiger partial charge on any atom is -0.412 e. The van der Waals surface area contributed by atoms with Crippen LogP contribution in [0.4, 0.5) is 5.82 Å². The lowest BCUT2D eigenvalue weighted by molar-refractivity contribution is 0.823. The van der Waals surface area contributed by atoms with E-state index >= 15 is 0 Å². The van der Waals surface area contributed by atoms with Crippen molar-refractivity contribution in [2.75, 3.05) is 5.73 Å². The van der Waals surface area contributed by atoms with Gasteiger partial charge in [0.15, 0.2) is 0 Å². The van der Waals surface area contributed by atoms with Gasteiger partial charge in [0.25, 0.3) is 0 Å². The highest BCUT2D eigenvalue weighted by Gasteiger charge is 1.74. The normalized spacial score (nSPS) is 6.67. The molecule has 0 fully saturated rings. The Hall–Kier alpha value is -1.20. The van der Waals surface area contributed by atoms with Crippen LogP contribution in [0, 0.1) is 0 Å². The Morgan fingerprint density at radius 2 is 2.00 bits per heavy atom. The maximum Gasteiger partial charge on any atom is 0.126 e. The van der Waals surface area contributed by atoms with Crippen LogP contribution in [0.3, 0.4) is 0 Å². The molecule has 0 saturated carbocycles. The van der Waals surface area contributed by atoms with E-state index in [0.717, 1.165) is 0 Å². The Kier molecular flexibility index (Phi) is 5.89. The van der Waals surface area contributed by atoms with E-state index in [-0.39, 0.29) is 11.0 Å². The second-order valence-corrected chi connectivity index (χ2v) is 1.13. The van der Waals surface area contributed by atoms with Crippen molar-refractivity contribution in [1.82, 2.24) is 9.97 Å². The minimum atomic E-state index is 0. The molecule has 5 heteroatoms. The standard InChI is InChI=1S/C4H5N3.2H2O/c5-4-1-2-6-3-7-4;;/h1-3H,(H2,5,6,7);2*1H2. The summed E-state index contributed by atoms with van der Waals surface area (Å²) in [6.07, 6.45) is 3.01. The van der Waals surface area contributed by atoms with Crippen LogP contribution >= 0.6 is 0 Å². The SMILES string of the molecule is Nc1ccncn1.O.O. The maximum absolute atomic E-state index is 5.21. The summed E-state index contributed by atoms with van der Waals surface area (Å²) in [5.41, 5.74) is 5.21. The number of nitrogens with two attached hydrogens (primary N) is 1. The molecule has 0 amide bonds. The van der Waals surface area contributed by atoms with E-state index in [2.05, 4.69) is 9.97 Å². The van der Waals surface area contributed by atoms with Crippen molar-refractivity contribution in [2.24, 2.45) is 0 Å². The van der Waals surface area contributed by atoms with Crippen molar-refractivity contribution in [1.29, 1.82) is 0 Å². The summed E-state index contributed by atoms with van der Waals surface area (Å²) in [7, 11) is 0. The molecule has 0 bridgehead atoms. The molecule has 1 heterocycles. The van der Waals surface area contributed by atoms with Crippen molar-refractivity contribution in [3.63, 3.8) is 0 Å². The zero-order chi connectivity index (χ0) is 5.11. The first-order chi connectivity index (χ1) is 3.39. The summed E-state index contributed by atoms with van der Waals surface area (Å²) in [5, 5.41) is 0. The number of nitrogens with zero attached hydrogens (tertiary/aromatic N) is 2. The van der Waals surface area contributed by atoms with Gasteiger partial charge in [0.05, 0.1) is 0 Å². The van der Waals surface area contributed by atoms with Gasteiger partial charge >= 0.3 is 0 Å². The molecular formula is C4H9N3O2. The van der Waals surface area contributed by atoms with Crippen LogP contribution in [0.5, 0.6) is 0 Å². The van der Waals surface area contributed by atoms with Gasteiger partial charge in [-0.2, -0.15) is 0 Å². The van der Waals surface area contributed by atoms with Crippen molar-refractivity contribution in [2.45, 2.75) is 0 Å². The van der Waals surface area contributed by atoms with Crippen LogP contribution in [0.1, 0.15) is 0 Å². The summed E-state index contributed by atoms with van der Waals surface area (Å²) in [4.78, 5) is 7.30. The van der Waals surface area contributed by atoms with E-state index in [0.29, 0.717) is 5.82 Å². The summed E-state index contributed by atoms with van der Waals surface area (Å²) in [5.74, 6) is 0.509. The third kappa shape index (κ3) is 3.39. The molecule has 0 aromatic carbocycles. The quantitative estimate of drug-likeness (QED) is 0.457. The minimum absolute atomic E-state index is 0. The van der Waals surface area contributed by atoms with Crippen molar-refractivity contribution in [3.05, 3.63) is 18.6 Å². The van der Waals surface area contributed by atoms with Crippen LogP contribution in [0.15, 0.2) is 18.6 Å². The summed E-state index contributed by atoms with van der Waals surface area (Å²) in [6.45, 7) is 0. The van der Waals surface area contributed by atoms with Gasteiger partial charge in [-0.1, -0.05) is 0 Å². The van der Waals surface area contributed by atoms with Crippen molar-refractivity contribution in [3.8, 4) is 0 Å². The second kappa shape index (κ2) is 4.95. The molecule has 0 aliphatic carbocycles. The van der Waals surface area contributed by atoms with E-state index in [9.17, 15) is 0 Å². The first kappa shape index (κ1) is 10.7. The average molecular weight is 131 g/mol. The van der Waals surface area contributed by atoms with Crippen LogP contribution in [-0.4, -0.2) is 20.9 Å². The van der Waals surface area contributed by atoms with Gasteiger partial charge in [-0.25, -0.2) is 9.97 Å². The van der Waals surface area contributed by atoms with E-state index < -0.39 is 0 Å². The molecule has 6 N–H and O–H groups in total. The van der Waals surface area contributed by atoms with Crippen LogP contribution < -0.4 is 5.73 Å². The second-order valence-electron chi connectivity index (χ2n) is 1.13. The number of hydrogen-bond donors (Lipinski definition) is 1. The Bertz CT molecular complexity index is 144. The molecule has 1 rings (SSSR count). The molecule has 0 atom stereocenters. The molecule has 0 unspecified atom stereocenters. The molecule has 52 valence electrons. The molecule has 9 heavy (non-hydrogen) atoms. The largest absolute Gasteiger partial charge is 0.412 e. The van der Waals surface area contributed by atoms with Gasteiger partial charge < -0.3 is 16.7 Å². The van der Waals surface area contributed by atoms with Gasteiger partial charge in [-0.15, -0.1) is 0 Å². The summed E-state index contributed by atoms with van der Waals surface area (Å²) < 4.78 is 0. The number of aromatic nitrogens is 2. The number of rotatable bonds is 0. The number of anilines is 1. The maximum atomic E-state index is 5.21. The topological polar surface area (TPSA) is 115 Å². The molecule has 0 aliphatic rings. The van der Waals surface area contributed by atoms with E-state index in [1.54, 1.807) is 12.3 Å². The van der Waals surface area contributed by atoms with Gasteiger partial charge in [0, 0.05) is 6.20 Å². The lowest BCUT2D eigenvalue weighted by Crippen LogP contribution is -1.87. The molecule has 5 nitrogen and oxygen atoms in total. The lowest BCUT2D eigenvalue weighted by Gasteiger charge is -1.82. The Morgan fingerprint density at radius 1 is 1.33 bits per heavy atom. The van der Waals surface area contributed by atoms with E-state index in [1.165, 1.54) is 6.33 Å². The fraction of sp³-hybridized carbons (Fsp3) is 0. The van der Waals surface area contributed by atoms with Gasteiger partial charge in [-0.3, -0.25) is 0 Å². The fourth-order valence-corrected chi connectivity index (χ4v) is 0.301. The average Bonchev–Trinajstić information content (AvgIpc) is 1.69. The van der Waals surface area contributed by atoms with Crippen molar-refractivity contribution >= 4 is 5.82 Å². The molecule has 0 spiro atoms. The molecule has 0 radical (unpaired) electrons. The highest BCUT2D eigenvalue weighted by molar-refractivity contribution is 5.22. The predicted molar refractivity (Wildman–Crippen MR) is 33.7 cm³/mol. The highest BCUT2D eigenvalue weighted by Crippen LogP contribution is 1.85. The first-order valence-corrected chi connectivity index (χ1v) is 1.91. The number of hydrogen-bond acceptors (Lipinski definition) is 3. The smallest absolute Gasteiger partial charge is 0.126 e. The first-order valence-electron chi connectivity index (χ1n) is 1.91. The monoisotopic (exact) mass is 131 g/mol. The Balaban J connectivity index is 0. The van der Waals surface area contributed by atoms with Gasteiger partial charge in [0.1, 0.15) is 12.1 Å². The zero-order valence-electron chi connectivity index (χ0n) is 4.70. The Morgan fingerprint density at radius 3 is 2.22 bits per heavy atom. The molecule has 0 aliphatic heterocycles. The third-order valence-corrected chi connectivity index (χ3v) is 0.605. The zero-order valence-corrected chi connectivity index (χ0v) is 4.70. The molecule has 0 saturated heterocycles.